The van der Waals surface area contributed by atoms with Crippen molar-refractivity contribution in [3.63, 3.8) is 0 Å². The first-order chi connectivity index (χ1) is 14.2. The van der Waals surface area contributed by atoms with E-state index in [2.05, 4.69) is 57.3 Å². The molecule has 2 aromatic rings. The number of hydrogen-bond donors (Lipinski definition) is 0. The lowest BCUT2D eigenvalue weighted by molar-refractivity contribution is -0.148. The van der Waals surface area contributed by atoms with E-state index < -0.39 is 0 Å². The van der Waals surface area contributed by atoms with Crippen molar-refractivity contribution in [3.05, 3.63) is 42.4 Å². The number of esters is 1. The number of hydrogen-bond acceptors (Lipinski definition) is 5. The molecule has 0 amide bonds. The molecule has 3 aliphatic rings. The number of benzene rings is 1. The summed E-state index contributed by atoms with van der Waals surface area (Å²) in [6.45, 7) is 1.53. The fraction of sp³-hybridized carbons (Fsp3) is 0.565. The quantitative estimate of drug-likeness (QED) is 0.599. The van der Waals surface area contributed by atoms with E-state index in [1.54, 1.807) is 0 Å². The molecule has 5 rings (SSSR count). The summed E-state index contributed by atoms with van der Waals surface area (Å²) in [5.41, 5.74) is 4.05. The standard InChI is InChI=1S/C23H28N2O2S2/c1-16(26)27-18-9-7-17(8-10-18)23(28-11-4-12-29-23)13-21-19-5-2-3-6-20(19)22-14-24-15-25(21)22/h2-3,5-6,14-15,17-18,21H,4,7-13H2,1H3. The minimum Gasteiger partial charge on any atom is -0.463 e. The molecular weight excluding hydrogens is 400 g/mol. The number of fused-ring (bicyclic) bond motifs is 3. The van der Waals surface area contributed by atoms with Gasteiger partial charge >= 0.3 is 5.97 Å². The van der Waals surface area contributed by atoms with Crippen molar-refractivity contribution in [3.8, 4) is 11.3 Å². The minimum absolute atomic E-state index is 0.117. The highest BCUT2D eigenvalue weighted by atomic mass is 32.2. The van der Waals surface area contributed by atoms with Crippen molar-refractivity contribution in [1.82, 2.24) is 9.55 Å². The van der Waals surface area contributed by atoms with Crippen molar-refractivity contribution in [1.29, 1.82) is 0 Å². The first-order valence-corrected chi connectivity index (χ1v) is 12.7. The number of carbonyl (C=O) groups is 1. The molecule has 29 heavy (non-hydrogen) atoms. The predicted molar refractivity (Wildman–Crippen MR) is 120 cm³/mol. The van der Waals surface area contributed by atoms with E-state index in [9.17, 15) is 4.79 Å². The third-order valence-electron chi connectivity index (χ3n) is 6.69. The fourth-order valence-corrected chi connectivity index (χ4v) is 9.15. The Labute approximate surface area is 181 Å². The van der Waals surface area contributed by atoms with Crippen LogP contribution in [0.2, 0.25) is 0 Å². The van der Waals surface area contributed by atoms with Gasteiger partial charge in [-0.1, -0.05) is 24.3 Å². The molecule has 1 aromatic heterocycles. The highest BCUT2D eigenvalue weighted by molar-refractivity contribution is 8.18. The van der Waals surface area contributed by atoms with Crippen LogP contribution >= 0.6 is 23.5 Å². The Morgan fingerprint density at radius 1 is 1.21 bits per heavy atom. The molecule has 6 heteroatoms. The van der Waals surface area contributed by atoms with Gasteiger partial charge in [-0.25, -0.2) is 4.98 Å². The lowest BCUT2D eigenvalue weighted by atomic mass is 9.82. The van der Waals surface area contributed by atoms with Crippen molar-refractivity contribution < 1.29 is 9.53 Å². The molecule has 0 N–H and O–H groups in total. The molecule has 2 fully saturated rings. The topological polar surface area (TPSA) is 44.1 Å². The van der Waals surface area contributed by atoms with Crippen LogP contribution in [0.15, 0.2) is 36.8 Å². The zero-order valence-corrected chi connectivity index (χ0v) is 18.5. The lowest BCUT2D eigenvalue weighted by Gasteiger charge is -2.46. The third-order valence-corrected chi connectivity index (χ3v) is 10.4. The van der Waals surface area contributed by atoms with Gasteiger partial charge in [0.25, 0.3) is 0 Å². The second-order valence-electron chi connectivity index (χ2n) is 8.44. The van der Waals surface area contributed by atoms with Gasteiger partial charge in [0, 0.05) is 12.5 Å². The SMILES string of the molecule is CC(=O)OC1CCC(C2(CC3c4ccccc4-c4cncn43)SCCCS2)CC1. The summed E-state index contributed by atoms with van der Waals surface area (Å²) in [6.07, 6.45) is 10.9. The molecule has 2 aliphatic heterocycles. The maximum absolute atomic E-state index is 11.4. The van der Waals surface area contributed by atoms with Gasteiger partial charge in [-0.3, -0.25) is 4.79 Å². The molecule has 0 bridgehead atoms. The number of nitrogens with zero attached hydrogens (tertiary/aromatic N) is 2. The summed E-state index contributed by atoms with van der Waals surface area (Å²) in [7, 11) is 0. The van der Waals surface area contributed by atoms with Crippen LogP contribution in [0.5, 0.6) is 0 Å². The van der Waals surface area contributed by atoms with Crippen LogP contribution in [0.25, 0.3) is 11.3 Å². The van der Waals surface area contributed by atoms with Gasteiger partial charge in [-0.05, 0) is 61.5 Å². The first kappa shape index (κ1) is 19.6. The fourth-order valence-electron chi connectivity index (χ4n) is 5.38. The van der Waals surface area contributed by atoms with Crippen LogP contribution in [-0.2, 0) is 9.53 Å². The smallest absolute Gasteiger partial charge is 0.302 e. The Kier molecular flexibility index (Phi) is 5.41. The normalized spacial score (nSPS) is 27.8. The monoisotopic (exact) mass is 428 g/mol. The number of imidazole rings is 1. The predicted octanol–water partition coefficient (Wildman–Crippen LogP) is 5.53. The van der Waals surface area contributed by atoms with Crippen LogP contribution in [0.3, 0.4) is 0 Å². The van der Waals surface area contributed by atoms with Gasteiger partial charge in [-0.2, -0.15) is 0 Å². The molecule has 0 radical (unpaired) electrons. The highest BCUT2D eigenvalue weighted by Gasteiger charge is 2.46. The molecular formula is C23H28N2O2S2. The Morgan fingerprint density at radius 3 is 2.72 bits per heavy atom. The molecule has 4 nitrogen and oxygen atoms in total. The summed E-state index contributed by atoms with van der Waals surface area (Å²) in [5.74, 6) is 3.04. The van der Waals surface area contributed by atoms with E-state index >= 15 is 0 Å². The van der Waals surface area contributed by atoms with E-state index in [-0.39, 0.29) is 16.2 Å². The van der Waals surface area contributed by atoms with Crippen LogP contribution in [0, 0.1) is 5.92 Å². The maximum Gasteiger partial charge on any atom is 0.302 e. The largest absolute Gasteiger partial charge is 0.463 e. The van der Waals surface area contributed by atoms with Crippen molar-refractivity contribution in [2.24, 2.45) is 5.92 Å². The van der Waals surface area contributed by atoms with E-state index in [0.717, 1.165) is 32.1 Å². The van der Waals surface area contributed by atoms with Crippen LogP contribution in [0.1, 0.15) is 57.1 Å². The van der Waals surface area contributed by atoms with Gasteiger partial charge in [0.15, 0.2) is 0 Å². The van der Waals surface area contributed by atoms with Crippen molar-refractivity contribution >= 4 is 29.5 Å². The molecule has 0 spiro atoms. The van der Waals surface area contributed by atoms with E-state index in [1.807, 2.05) is 12.5 Å². The number of aromatic nitrogens is 2. The number of thioether (sulfide) groups is 2. The van der Waals surface area contributed by atoms with Gasteiger partial charge in [0.1, 0.15) is 6.10 Å². The molecule has 1 aliphatic carbocycles. The number of carbonyl (C=O) groups excluding carboxylic acids is 1. The summed E-state index contributed by atoms with van der Waals surface area (Å²) in [4.78, 5) is 15.8. The highest BCUT2D eigenvalue weighted by Crippen LogP contribution is 2.58. The first-order valence-electron chi connectivity index (χ1n) is 10.7. The second-order valence-corrected chi connectivity index (χ2v) is 11.5. The van der Waals surface area contributed by atoms with Gasteiger partial charge < -0.3 is 9.30 Å². The lowest BCUT2D eigenvalue weighted by Crippen LogP contribution is -2.40. The second kappa shape index (κ2) is 8.03. The van der Waals surface area contributed by atoms with Crippen molar-refractivity contribution in [2.45, 2.75) is 61.7 Å². The van der Waals surface area contributed by atoms with E-state index in [0.29, 0.717) is 12.0 Å². The summed E-state index contributed by atoms with van der Waals surface area (Å²) < 4.78 is 8.15. The number of rotatable bonds is 4. The maximum atomic E-state index is 11.4. The van der Waals surface area contributed by atoms with Crippen LogP contribution < -0.4 is 0 Å². The Hall–Kier alpha value is -1.40. The summed E-state index contributed by atoms with van der Waals surface area (Å²) in [6, 6.07) is 9.21. The molecule has 1 aromatic carbocycles. The zero-order valence-electron chi connectivity index (χ0n) is 16.9. The van der Waals surface area contributed by atoms with Gasteiger partial charge in [0.05, 0.1) is 28.3 Å². The van der Waals surface area contributed by atoms with Crippen LogP contribution in [-0.4, -0.2) is 37.2 Å². The Balaban J connectivity index is 1.41. The van der Waals surface area contributed by atoms with Crippen LogP contribution in [0.4, 0.5) is 0 Å². The average Bonchev–Trinajstić information content (AvgIpc) is 3.32. The molecule has 3 heterocycles. The molecule has 1 atom stereocenters. The molecule has 1 unspecified atom stereocenters. The minimum atomic E-state index is -0.139. The molecule has 1 saturated heterocycles. The van der Waals surface area contributed by atoms with Gasteiger partial charge in [-0.15, -0.1) is 23.5 Å². The molecule has 1 saturated carbocycles. The Bertz CT molecular complexity index is 883. The summed E-state index contributed by atoms with van der Waals surface area (Å²) in [5, 5.41) is 0. The third kappa shape index (κ3) is 3.63. The molecule has 154 valence electrons. The number of ether oxygens (including phenoxy) is 1. The summed E-state index contributed by atoms with van der Waals surface area (Å²) >= 11 is 4.39. The average molecular weight is 429 g/mol. The van der Waals surface area contributed by atoms with Gasteiger partial charge in [0.2, 0.25) is 0 Å². The van der Waals surface area contributed by atoms with Crippen molar-refractivity contribution in [2.75, 3.05) is 11.5 Å². The van der Waals surface area contributed by atoms with E-state index in [4.69, 9.17) is 4.74 Å². The zero-order chi connectivity index (χ0) is 19.8. The van der Waals surface area contributed by atoms with E-state index in [1.165, 1.54) is 41.7 Å². The Morgan fingerprint density at radius 2 is 1.97 bits per heavy atom.